The highest BCUT2D eigenvalue weighted by Gasteiger charge is 2.27. The highest BCUT2D eigenvalue weighted by Crippen LogP contribution is 2.09. The molecule has 1 fully saturated rings. The average molecular weight is 231 g/mol. The maximum atomic E-state index is 11.8. The van der Waals surface area contributed by atoms with Gasteiger partial charge in [0, 0.05) is 0 Å². The molecule has 0 spiro atoms. The second-order valence-corrected chi connectivity index (χ2v) is 5.32. The van der Waals surface area contributed by atoms with Crippen molar-refractivity contribution < 1.29 is 20.2 Å². The maximum Gasteiger partial charge on any atom is 0.410 e. The zero-order valence-electron chi connectivity index (χ0n) is 10.7. The van der Waals surface area contributed by atoms with Gasteiger partial charge >= 0.3 is 6.09 Å². The Bertz CT molecular complexity index is 230. The van der Waals surface area contributed by atoms with E-state index in [4.69, 9.17) is 4.74 Å². The van der Waals surface area contributed by atoms with Crippen LogP contribution in [0.2, 0.25) is 0 Å². The van der Waals surface area contributed by atoms with Gasteiger partial charge in [0.25, 0.3) is 0 Å². The van der Waals surface area contributed by atoms with Crippen LogP contribution in [0.25, 0.3) is 0 Å². The topological polar surface area (TPSA) is 61.6 Å². The van der Waals surface area contributed by atoms with Crippen LogP contribution >= 0.6 is 0 Å². The first kappa shape index (κ1) is 13.3. The van der Waals surface area contributed by atoms with Gasteiger partial charge in [-0.2, -0.15) is 0 Å². The highest BCUT2D eigenvalue weighted by atomic mass is 16.6. The number of ether oxygens (including phenoxy) is 1. The van der Waals surface area contributed by atoms with Gasteiger partial charge in [-0.05, 0) is 20.8 Å². The fourth-order valence-corrected chi connectivity index (χ4v) is 1.83. The maximum absolute atomic E-state index is 11.8. The van der Waals surface area contributed by atoms with Gasteiger partial charge in [0.05, 0.1) is 26.2 Å². The summed E-state index contributed by atoms with van der Waals surface area (Å²) in [5.41, 5.74) is 3.46. The van der Waals surface area contributed by atoms with Crippen LogP contribution in [0.3, 0.4) is 0 Å². The van der Waals surface area contributed by atoms with Gasteiger partial charge in [-0.1, -0.05) is 0 Å². The number of hydrogen-bond acceptors (Lipinski definition) is 2. The molecule has 5 nitrogen and oxygen atoms in total. The summed E-state index contributed by atoms with van der Waals surface area (Å²) >= 11 is 0. The van der Waals surface area contributed by atoms with Gasteiger partial charge < -0.3 is 15.4 Å². The van der Waals surface area contributed by atoms with Gasteiger partial charge in [-0.3, -0.25) is 4.90 Å². The Labute approximate surface area is 97.5 Å². The molecule has 1 heterocycles. The minimum Gasteiger partial charge on any atom is -0.444 e. The summed E-state index contributed by atoms with van der Waals surface area (Å²) in [4.78, 5) is 15.1. The number of nitrogens with one attached hydrogen (secondary N) is 1. The van der Waals surface area contributed by atoms with Crippen molar-refractivity contribution in [3.05, 3.63) is 0 Å². The molecule has 94 valence electrons. The molecule has 1 amide bonds. The highest BCUT2D eigenvalue weighted by molar-refractivity contribution is 5.68. The first-order valence-corrected chi connectivity index (χ1v) is 6.03. The minimum absolute atomic E-state index is 0.179. The molecule has 1 rings (SSSR count). The van der Waals surface area contributed by atoms with Crippen molar-refractivity contribution in [2.75, 3.05) is 39.3 Å². The number of piperazine rings is 1. The predicted molar refractivity (Wildman–Crippen MR) is 61.1 cm³/mol. The van der Waals surface area contributed by atoms with Crippen LogP contribution in [0.4, 0.5) is 4.79 Å². The van der Waals surface area contributed by atoms with Gasteiger partial charge in [0.2, 0.25) is 0 Å². The lowest BCUT2D eigenvalue weighted by molar-refractivity contribution is -0.908. The van der Waals surface area contributed by atoms with Crippen LogP contribution < -0.4 is 10.6 Å². The van der Waals surface area contributed by atoms with Gasteiger partial charge in [-0.15, -0.1) is 0 Å². The second kappa shape index (κ2) is 5.50. The van der Waals surface area contributed by atoms with Crippen molar-refractivity contribution >= 4 is 6.09 Å². The number of carbonyl (C=O) groups is 1. The number of amides is 1. The molecule has 0 saturated carbocycles. The molecule has 16 heavy (non-hydrogen) atoms. The zero-order valence-corrected chi connectivity index (χ0v) is 10.7. The van der Waals surface area contributed by atoms with E-state index in [9.17, 15) is 4.79 Å². The lowest BCUT2D eigenvalue weighted by Gasteiger charge is -2.33. The molecule has 1 saturated heterocycles. The first-order valence-electron chi connectivity index (χ1n) is 6.03. The molecule has 0 aromatic rings. The summed E-state index contributed by atoms with van der Waals surface area (Å²) < 4.78 is 5.34. The summed E-state index contributed by atoms with van der Waals surface area (Å²) in [6, 6.07) is 0. The normalized spacial score (nSPS) is 18.6. The number of nitrogens with zero attached hydrogens (tertiary/aromatic N) is 1. The Morgan fingerprint density at radius 3 is 2.38 bits per heavy atom. The Hall–Kier alpha value is -0.810. The van der Waals surface area contributed by atoms with E-state index in [1.807, 2.05) is 20.8 Å². The number of quaternary nitrogens is 2. The van der Waals surface area contributed by atoms with E-state index in [0.29, 0.717) is 0 Å². The summed E-state index contributed by atoms with van der Waals surface area (Å²) in [5, 5.41) is 0. The van der Waals surface area contributed by atoms with Crippen molar-refractivity contribution in [3.63, 3.8) is 0 Å². The molecule has 1 aliphatic rings. The number of hydrogen-bond donors (Lipinski definition) is 2. The van der Waals surface area contributed by atoms with Crippen LogP contribution in [0.1, 0.15) is 20.8 Å². The quantitative estimate of drug-likeness (QED) is 0.599. The average Bonchev–Trinajstić information content (AvgIpc) is 2.16. The van der Waals surface area contributed by atoms with Gasteiger partial charge in [-0.25, -0.2) is 4.79 Å². The van der Waals surface area contributed by atoms with E-state index in [0.717, 1.165) is 39.3 Å². The Morgan fingerprint density at radius 2 is 1.94 bits per heavy atom. The molecular formula is C11H25N3O2+2. The van der Waals surface area contributed by atoms with Crippen molar-refractivity contribution in [2.45, 2.75) is 26.4 Å². The molecule has 0 bridgehead atoms. The van der Waals surface area contributed by atoms with E-state index >= 15 is 0 Å². The molecule has 0 aromatic heterocycles. The monoisotopic (exact) mass is 231 g/mol. The Kier molecular flexibility index (Phi) is 4.56. The van der Waals surface area contributed by atoms with Crippen molar-refractivity contribution in [1.82, 2.24) is 4.90 Å². The van der Waals surface area contributed by atoms with E-state index in [1.165, 1.54) is 4.90 Å². The molecule has 0 radical (unpaired) electrons. The smallest absolute Gasteiger partial charge is 0.410 e. The fraction of sp³-hybridized carbons (Fsp3) is 0.909. The minimum atomic E-state index is -0.394. The second-order valence-electron chi connectivity index (χ2n) is 5.32. The summed E-state index contributed by atoms with van der Waals surface area (Å²) in [7, 11) is 0. The number of rotatable bonds is 2. The standard InChI is InChI=1S/C11H23N3O2/c1-11(2,3)16-10(15)14-8-6-13(5-4-12)7-9-14/h4-9,12H2,1-3H3/p+2. The van der Waals surface area contributed by atoms with Crippen LogP contribution in [-0.4, -0.2) is 55.9 Å². The van der Waals surface area contributed by atoms with Crippen LogP contribution in [0.15, 0.2) is 0 Å². The van der Waals surface area contributed by atoms with E-state index in [1.54, 1.807) is 4.90 Å². The Balaban J connectivity index is 2.33. The molecular weight excluding hydrogens is 206 g/mol. The van der Waals surface area contributed by atoms with Crippen molar-refractivity contribution in [1.29, 1.82) is 0 Å². The molecule has 5 heteroatoms. The molecule has 0 aromatic carbocycles. The van der Waals surface area contributed by atoms with Crippen LogP contribution in [-0.2, 0) is 4.74 Å². The third-order valence-corrected chi connectivity index (χ3v) is 2.65. The van der Waals surface area contributed by atoms with E-state index < -0.39 is 5.60 Å². The van der Waals surface area contributed by atoms with Crippen molar-refractivity contribution in [2.24, 2.45) is 0 Å². The fourth-order valence-electron chi connectivity index (χ4n) is 1.83. The largest absolute Gasteiger partial charge is 0.444 e. The van der Waals surface area contributed by atoms with E-state index in [-0.39, 0.29) is 6.09 Å². The molecule has 4 N–H and O–H groups in total. The third-order valence-electron chi connectivity index (χ3n) is 2.65. The Morgan fingerprint density at radius 1 is 1.38 bits per heavy atom. The number of carbonyl (C=O) groups excluding carboxylic acids is 1. The lowest BCUT2D eigenvalue weighted by atomic mass is 10.2. The molecule has 0 unspecified atom stereocenters. The van der Waals surface area contributed by atoms with Crippen molar-refractivity contribution in [3.8, 4) is 0 Å². The first-order chi connectivity index (χ1) is 7.42. The third kappa shape index (κ3) is 4.37. The molecule has 0 aliphatic carbocycles. The van der Waals surface area contributed by atoms with Crippen LogP contribution in [0.5, 0.6) is 0 Å². The summed E-state index contributed by atoms with van der Waals surface area (Å²) in [5.74, 6) is 0. The molecule has 1 aliphatic heterocycles. The summed E-state index contributed by atoms with van der Waals surface area (Å²) in [6.07, 6.45) is -0.179. The van der Waals surface area contributed by atoms with E-state index in [2.05, 4.69) is 5.73 Å². The van der Waals surface area contributed by atoms with Gasteiger partial charge in [0.15, 0.2) is 0 Å². The lowest BCUT2D eigenvalue weighted by Crippen LogP contribution is -3.16. The molecule has 0 atom stereocenters. The van der Waals surface area contributed by atoms with Gasteiger partial charge in [0.1, 0.15) is 18.7 Å². The SMILES string of the molecule is CC(C)(C)OC(=O)N1CC[NH+](CC[NH3+])CC1. The predicted octanol–water partition coefficient (Wildman–Crippen LogP) is -1.64. The zero-order chi connectivity index (χ0) is 12.2. The van der Waals surface area contributed by atoms with Crippen LogP contribution in [0, 0.1) is 0 Å². The summed E-state index contributed by atoms with van der Waals surface area (Å²) in [6.45, 7) is 11.4.